The van der Waals surface area contributed by atoms with E-state index in [1.165, 1.54) is 30.5 Å². The number of nitrogens with zero attached hydrogens (tertiary/aromatic N) is 2. The summed E-state index contributed by atoms with van der Waals surface area (Å²) in [5.41, 5.74) is 9.01. The maximum atomic E-state index is 13.5. The highest BCUT2D eigenvalue weighted by Gasteiger charge is 2.17. The molecule has 9 heteroatoms. The van der Waals surface area contributed by atoms with Gasteiger partial charge in [0.05, 0.1) is 5.56 Å². The van der Waals surface area contributed by atoms with E-state index in [0.717, 1.165) is 13.1 Å². The minimum Gasteiger partial charge on any atom is -0.360 e. The number of nitrogens with one attached hydrogen (secondary N) is 4. The van der Waals surface area contributed by atoms with Crippen LogP contribution in [0, 0.1) is 11.3 Å². The third-order valence-electron chi connectivity index (χ3n) is 5.11. The highest BCUT2D eigenvalue weighted by molar-refractivity contribution is 5.94. The van der Waals surface area contributed by atoms with Crippen molar-refractivity contribution in [3.05, 3.63) is 82.0 Å². The first-order valence-electron chi connectivity index (χ1n) is 9.82. The Labute approximate surface area is 177 Å². The van der Waals surface area contributed by atoms with Gasteiger partial charge in [-0.25, -0.2) is 9.92 Å². The van der Waals surface area contributed by atoms with E-state index in [-0.39, 0.29) is 17.2 Å². The molecule has 0 atom stereocenters. The molecule has 3 aromatic rings. The third kappa shape index (κ3) is 4.51. The number of piperazine rings is 1. The minimum atomic E-state index is -0.430. The summed E-state index contributed by atoms with van der Waals surface area (Å²) in [4.78, 5) is 29.4. The number of fused-ring (bicyclic) bond motifs is 1. The number of halogens is 1. The molecule has 2 aromatic carbocycles. The molecule has 1 aliphatic rings. The molecule has 0 unspecified atom stereocenters. The Morgan fingerprint density at radius 2 is 1.87 bits per heavy atom. The molecule has 1 amide bonds. The lowest BCUT2D eigenvalue weighted by Crippen LogP contribution is -2.46. The van der Waals surface area contributed by atoms with Gasteiger partial charge in [-0.2, -0.15) is 5.11 Å². The van der Waals surface area contributed by atoms with Crippen LogP contribution < -0.4 is 16.2 Å². The number of rotatable bonds is 5. The molecular formula is C22H21FN6O2. The van der Waals surface area contributed by atoms with Crippen LogP contribution in [0.2, 0.25) is 0 Å². The predicted octanol–water partition coefficient (Wildman–Crippen LogP) is 3.15. The molecule has 2 heterocycles. The van der Waals surface area contributed by atoms with Gasteiger partial charge in [-0.15, -0.1) is 0 Å². The molecule has 0 radical (unpaired) electrons. The maximum Gasteiger partial charge on any atom is 0.258 e. The Morgan fingerprint density at radius 1 is 1.13 bits per heavy atom. The number of benzene rings is 2. The zero-order valence-corrected chi connectivity index (χ0v) is 16.6. The van der Waals surface area contributed by atoms with Gasteiger partial charge in [-0.05, 0) is 48.5 Å². The molecule has 1 aromatic heterocycles. The monoisotopic (exact) mass is 420 g/mol. The molecule has 8 nitrogen and oxygen atoms in total. The van der Waals surface area contributed by atoms with E-state index >= 15 is 0 Å². The first-order valence-corrected chi connectivity index (χ1v) is 9.82. The van der Waals surface area contributed by atoms with Crippen molar-refractivity contribution in [3.8, 4) is 0 Å². The van der Waals surface area contributed by atoms with Crippen LogP contribution in [-0.4, -0.2) is 42.0 Å². The number of pyridine rings is 1. The van der Waals surface area contributed by atoms with Gasteiger partial charge in [0.15, 0.2) is 0 Å². The molecular weight excluding hydrogens is 399 g/mol. The second-order valence-corrected chi connectivity index (χ2v) is 7.15. The van der Waals surface area contributed by atoms with Gasteiger partial charge in [0.1, 0.15) is 11.5 Å². The first kappa shape index (κ1) is 20.4. The second kappa shape index (κ2) is 8.88. The Balaban J connectivity index is 1.53. The summed E-state index contributed by atoms with van der Waals surface area (Å²) >= 11 is 0. The summed E-state index contributed by atoms with van der Waals surface area (Å²) < 4.78 is 13.5. The lowest BCUT2D eigenvalue weighted by Gasteiger charge is -2.27. The van der Waals surface area contributed by atoms with Crippen molar-refractivity contribution in [1.29, 1.82) is 5.53 Å². The molecule has 158 valence electrons. The van der Waals surface area contributed by atoms with Gasteiger partial charge in [0, 0.05) is 54.5 Å². The number of aromatic nitrogens is 1. The Kier molecular flexibility index (Phi) is 5.85. The smallest absolute Gasteiger partial charge is 0.258 e. The fraction of sp³-hybridized carbons (Fsp3) is 0.182. The summed E-state index contributed by atoms with van der Waals surface area (Å²) in [5, 5.41) is 10.1. The van der Waals surface area contributed by atoms with Gasteiger partial charge >= 0.3 is 0 Å². The predicted molar refractivity (Wildman–Crippen MR) is 116 cm³/mol. The number of amides is 1. The van der Waals surface area contributed by atoms with Crippen LogP contribution in [0.25, 0.3) is 16.6 Å². The number of hydrogen-bond acceptors (Lipinski definition) is 6. The van der Waals surface area contributed by atoms with Crippen molar-refractivity contribution < 1.29 is 9.18 Å². The number of carbonyl (C=O) groups excluding carboxylic acids is 1. The number of anilines is 1. The summed E-state index contributed by atoms with van der Waals surface area (Å²) in [6.45, 7) is 2.94. The highest BCUT2D eigenvalue weighted by Crippen LogP contribution is 2.19. The van der Waals surface area contributed by atoms with Crippen molar-refractivity contribution in [1.82, 2.24) is 15.2 Å². The molecule has 0 bridgehead atoms. The van der Waals surface area contributed by atoms with Crippen LogP contribution in [0.5, 0.6) is 0 Å². The molecule has 4 N–H and O–H groups in total. The van der Waals surface area contributed by atoms with Gasteiger partial charge in [-0.1, -0.05) is 0 Å². The number of aromatic amines is 1. The van der Waals surface area contributed by atoms with Gasteiger partial charge in [0.2, 0.25) is 0 Å². The minimum absolute atomic E-state index is 0.0135. The van der Waals surface area contributed by atoms with E-state index < -0.39 is 11.4 Å². The van der Waals surface area contributed by atoms with Crippen molar-refractivity contribution in [2.75, 3.05) is 31.5 Å². The second-order valence-electron chi connectivity index (χ2n) is 7.15. The van der Waals surface area contributed by atoms with Crippen LogP contribution in [0.1, 0.15) is 15.9 Å². The SMILES string of the molecule is N=N/C(=C\Nc1ccc(C(=O)N2CCNCC2)cc1)c1cc2cc(F)ccc2[nH]c1=O. The molecule has 1 fully saturated rings. The Hall–Kier alpha value is -3.85. The van der Waals surface area contributed by atoms with Crippen molar-refractivity contribution in [3.63, 3.8) is 0 Å². The largest absolute Gasteiger partial charge is 0.360 e. The molecule has 31 heavy (non-hydrogen) atoms. The average molecular weight is 420 g/mol. The zero-order valence-electron chi connectivity index (χ0n) is 16.6. The van der Waals surface area contributed by atoms with E-state index in [2.05, 4.69) is 20.7 Å². The molecule has 0 spiro atoms. The van der Waals surface area contributed by atoms with E-state index in [4.69, 9.17) is 5.53 Å². The van der Waals surface area contributed by atoms with Crippen LogP contribution in [0.3, 0.4) is 0 Å². The van der Waals surface area contributed by atoms with Gasteiger partial charge in [-0.3, -0.25) is 9.59 Å². The summed E-state index contributed by atoms with van der Waals surface area (Å²) in [6.07, 6.45) is 1.43. The molecule has 0 saturated carbocycles. The quantitative estimate of drug-likeness (QED) is 0.475. The zero-order chi connectivity index (χ0) is 21.8. The number of carbonyl (C=O) groups is 1. The average Bonchev–Trinajstić information content (AvgIpc) is 2.80. The van der Waals surface area contributed by atoms with Gasteiger partial charge < -0.3 is 20.5 Å². The van der Waals surface area contributed by atoms with Crippen LogP contribution >= 0.6 is 0 Å². The van der Waals surface area contributed by atoms with Crippen LogP contribution in [-0.2, 0) is 0 Å². The summed E-state index contributed by atoms with van der Waals surface area (Å²) in [7, 11) is 0. The summed E-state index contributed by atoms with van der Waals surface area (Å²) in [6, 6.07) is 12.5. The summed E-state index contributed by atoms with van der Waals surface area (Å²) in [5.74, 6) is -0.437. The van der Waals surface area contributed by atoms with Gasteiger partial charge in [0.25, 0.3) is 11.5 Å². The lowest BCUT2D eigenvalue weighted by molar-refractivity contribution is 0.0736. The maximum absolute atomic E-state index is 13.5. The standard InChI is InChI=1S/C22H21FN6O2/c23-16-3-6-19-15(11-16)12-18(21(30)27-19)20(28-24)13-26-17-4-1-14(2-5-17)22(31)29-9-7-25-8-10-29/h1-6,11-13,24-26H,7-10H2,(H,27,30)/b20-13-,28-24?. The lowest BCUT2D eigenvalue weighted by atomic mass is 10.1. The molecule has 0 aliphatic carbocycles. The fourth-order valence-electron chi connectivity index (χ4n) is 3.45. The Morgan fingerprint density at radius 3 is 2.58 bits per heavy atom. The molecule has 1 aliphatic heterocycles. The van der Waals surface area contributed by atoms with Crippen molar-refractivity contribution >= 4 is 28.2 Å². The van der Waals surface area contributed by atoms with Crippen molar-refractivity contribution in [2.24, 2.45) is 5.11 Å². The van der Waals surface area contributed by atoms with Crippen LogP contribution in [0.4, 0.5) is 10.1 Å². The molecule has 4 rings (SSSR count). The number of hydrogen-bond donors (Lipinski definition) is 4. The fourth-order valence-corrected chi connectivity index (χ4v) is 3.45. The van der Waals surface area contributed by atoms with Crippen molar-refractivity contribution in [2.45, 2.75) is 0 Å². The normalized spacial score (nSPS) is 14.5. The van der Waals surface area contributed by atoms with Crippen LogP contribution in [0.15, 0.2) is 64.6 Å². The highest BCUT2D eigenvalue weighted by atomic mass is 19.1. The third-order valence-corrected chi connectivity index (χ3v) is 5.11. The van der Waals surface area contributed by atoms with E-state index in [1.54, 1.807) is 24.3 Å². The number of H-pyrrole nitrogens is 1. The van der Waals surface area contributed by atoms with E-state index in [1.807, 2.05) is 4.90 Å². The molecule has 1 saturated heterocycles. The van der Waals surface area contributed by atoms with E-state index in [0.29, 0.717) is 35.2 Å². The first-order chi connectivity index (χ1) is 15.0. The topological polar surface area (TPSA) is 113 Å². The Bertz CT molecular complexity index is 1210. The van der Waals surface area contributed by atoms with E-state index in [9.17, 15) is 14.0 Å².